The minimum Gasteiger partial charge on any atom is -0.375 e. The quantitative estimate of drug-likeness (QED) is 0.158. The monoisotopic (exact) mass is 533 g/mol. The zero-order chi connectivity index (χ0) is 26.8. The van der Waals surface area contributed by atoms with Crippen molar-refractivity contribution in [2.24, 2.45) is 0 Å². The van der Waals surface area contributed by atoms with Gasteiger partial charge in [-0.15, -0.1) is 0 Å². The number of carbonyl (C=O) groups excluding carboxylic acids is 1. The zero-order valence-corrected chi connectivity index (χ0v) is 19.5. The third-order valence-electron chi connectivity index (χ3n) is 5.25. The van der Waals surface area contributed by atoms with Crippen LogP contribution in [0.15, 0.2) is 85.0 Å². The van der Waals surface area contributed by atoms with E-state index in [1.165, 1.54) is 53.8 Å². The fraction of sp³-hybridized carbons (Fsp3) is 0.0769. The van der Waals surface area contributed by atoms with Gasteiger partial charge in [0.05, 0.1) is 21.5 Å². The molecule has 0 radical (unpaired) electrons. The van der Waals surface area contributed by atoms with Gasteiger partial charge in [-0.2, -0.15) is 26.3 Å². The van der Waals surface area contributed by atoms with Crippen LogP contribution >= 0.6 is 11.3 Å². The Hall–Kier alpha value is -4.12. The van der Waals surface area contributed by atoms with Gasteiger partial charge < -0.3 is 11.1 Å². The summed E-state index contributed by atoms with van der Waals surface area (Å²) in [6, 6.07) is 13.6. The number of anilines is 2. The van der Waals surface area contributed by atoms with Crippen LogP contribution in [0.5, 0.6) is 0 Å². The lowest BCUT2D eigenvalue weighted by molar-refractivity contribution is -0.138. The molecule has 1 heterocycles. The van der Waals surface area contributed by atoms with Gasteiger partial charge in [-0.1, -0.05) is 53.8 Å². The molecular weight excluding hydrogens is 516 g/mol. The Morgan fingerprint density at radius 1 is 0.838 bits per heavy atom. The van der Waals surface area contributed by atoms with Crippen molar-refractivity contribution >= 4 is 43.9 Å². The first-order valence-corrected chi connectivity index (χ1v) is 11.4. The summed E-state index contributed by atoms with van der Waals surface area (Å²) in [7, 11) is 0. The molecule has 4 rings (SSSR count). The van der Waals surface area contributed by atoms with Gasteiger partial charge in [0.25, 0.3) is 0 Å². The molecule has 0 aliphatic heterocycles. The Labute approximate surface area is 210 Å². The van der Waals surface area contributed by atoms with Crippen LogP contribution in [0.4, 0.5) is 37.2 Å². The fourth-order valence-corrected chi connectivity index (χ4v) is 4.27. The van der Waals surface area contributed by atoms with Gasteiger partial charge in [-0.3, -0.25) is 4.79 Å². The van der Waals surface area contributed by atoms with Crippen molar-refractivity contribution in [3.63, 3.8) is 0 Å². The maximum atomic E-state index is 13.0. The summed E-state index contributed by atoms with van der Waals surface area (Å²) < 4.78 is 78.7. The number of nitrogens with zero attached hydrogens (tertiary/aromatic N) is 1. The summed E-state index contributed by atoms with van der Waals surface area (Å²) in [4.78, 5) is 16.7. The van der Waals surface area contributed by atoms with Crippen molar-refractivity contribution in [3.8, 4) is 0 Å². The molecule has 1 amide bonds. The molecule has 3 aromatic carbocycles. The summed E-state index contributed by atoms with van der Waals surface area (Å²) >= 11 is 1.26. The van der Waals surface area contributed by atoms with Crippen molar-refractivity contribution in [1.82, 2.24) is 4.98 Å². The third-order valence-corrected chi connectivity index (χ3v) is 6.10. The SMILES string of the molecule is Nc1nc2c(NC(=O)/C=C/C=C(c3ccc(C(F)(F)F)cc3)c3ccc(C(F)(F)F)cc3)cccc2s1. The van der Waals surface area contributed by atoms with Crippen LogP contribution in [0, 0.1) is 0 Å². The molecule has 0 saturated heterocycles. The molecule has 3 N–H and O–H groups in total. The van der Waals surface area contributed by atoms with Gasteiger partial charge in [0.1, 0.15) is 5.52 Å². The molecule has 0 saturated carbocycles. The number of para-hydroxylation sites is 1. The average Bonchev–Trinajstić information content (AvgIpc) is 3.22. The zero-order valence-electron chi connectivity index (χ0n) is 18.7. The Kier molecular flexibility index (Phi) is 7.08. The predicted octanol–water partition coefficient (Wildman–Crippen LogP) is 7.54. The number of nitrogen functional groups attached to an aromatic ring is 1. The van der Waals surface area contributed by atoms with E-state index in [9.17, 15) is 31.1 Å². The lowest BCUT2D eigenvalue weighted by atomic mass is 9.95. The van der Waals surface area contributed by atoms with E-state index in [1.54, 1.807) is 18.2 Å². The van der Waals surface area contributed by atoms with Crippen molar-refractivity contribution < 1.29 is 31.1 Å². The predicted molar refractivity (Wildman–Crippen MR) is 132 cm³/mol. The van der Waals surface area contributed by atoms with E-state index in [-0.39, 0.29) is 0 Å². The smallest absolute Gasteiger partial charge is 0.375 e. The number of carbonyl (C=O) groups is 1. The molecule has 0 aliphatic carbocycles. The highest BCUT2D eigenvalue weighted by Gasteiger charge is 2.31. The van der Waals surface area contributed by atoms with Crippen LogP contribution in [-0.2, 0) is 17.1 Å². The number of nitrogens with one attached hydrogen (secondary N) is 1. The molecule has 4 nitrogen and oxygen atoms in total. The van der Waals surface area contributed by atoms with Crippen LogP contribution in [0.3, 0.4) is 0 Å². The second kappa shape index (κ2) is 10.1. The number of nitrogens with two attached hydrogens (primary N) is 1. The van der Waals surface area contributed by atoms with Crippen LogP contribution in [-0.4, -0.2) is 10.9 Å². The number of benzene rings is 3. The molecule has 1 aromatic heterocycles. The number of hydrogen-bond acceptors (Lipinski definition) is 4. The molecule has 0 bridgehead atoms. The first kappa shape index (κ1) is 26.0. The minimum atomic E-state index is -4.54. The number of aromatic nitrogens is 1. The number of thiazole rings is 1. The minimum absolute atomic E-state index is 0.320. The summed E-state index contributed by atoms with van der Waals surface area (Å²) in [5.74, 6) is -0.519. The molecule has 0 fully saturated rings. The summed E-state index contributed by atoms with van der Waals surface area (Å²) in [6.45, 7) is 0. The summed E-state index contributed by atoms with van der Waals surface area (Å²) in [6.07, 6.45) is -5.11. The molecule has 190 valence electrons. The number of alkyl halides is 6. The van der Waals surface area contributed by atoms with Gasteiger partial charge in [0, 0.05) is 6.08 Å². The van der Waals surface area contributed by atoms with E-state index in [0.717, 1.165) is 29.0 Å². The molecule has 0 unspecified atom stereocenters. The van der Waals surface area contributed by atoms with Crippen LogP contribution in [0.25, 0.3) is 15.8 Å². The molecule has 11 heteroatoms. The Balaban J connectivity index is 1.63. The van der Waals surface area contributed by atoms with Crippen LogP contribution in [0.2, 0.25) is 0 Å². The Bertz CT molecular complexity index is 1420. The standard InChI is InChI=1S/C26H17F6N3OS/c27-25(28,29)17-11-7-15(8-12-17)19(16-9-13-18(14-10-16)26(30,31)32)3-1-6-22(36)34-20-4-2-5-21-23(20)35-24(33)37-21/h1-14H,(H2,33,35)(H,34,36)/b6-1+. The van der Waals surface area contributed by atoms with Gasteiger partial charge in [0.15, 0.2) is 5.13 Å². The van der Waals surface area contributed by atoms with E-state index in [2.05, 4.69) is 10.3 Å². The molecule has 0 spiro atoms. The van der Waals surface area contributed by atoms with E-state index in [4.69, 9.17) is 5.73 Å². The molecular formula is C26H17F6N3OS. The maximum absolute atomic E-state index is 13.0. The average molecular weight is 533 g/mol. The third kappa shape index (κ3) is 6.18. The van der Waals surface area contributed by atoms with E-state index in [0.29, 0.717) is 33.0 Å². The Morgan fingerprint density at radius 2 is 1.38 bits per heavy atom. The van der Waals surface area contributed by atoms with Crippen molar-refractivity contribution in [1.29, 1.82) is 0 Å². The number of allylic oxidation sites excluding steroid dienone is 2. The number of fused-ring (bicyclic) bond motifs is 1. The highest BCUT2D eigenvalue weighted by atomic mass is 32.1. The van der Waals surface area contributed by atoms with E-state index < -0.39 is 29.4 Å². The van der Waals surface area contributed by atoms with Crippen molar-refractivity contribution in [2.45, 2.75) is 12.4 Å². The topological polar surface area (TPSA) is 68.0 Å². The van der Waals surface area contributed by atoms with Crippen molar-refractivity contribution in [3.05, 3.63) is 107 Å². The lowest BCUT2D eigenvalue weighted by Gasteiger charge is -2.12. The van der Waals surface area contributed by atoms with E-state index in [1.807, 2.05) is 0 Å². The number of hydrogen-bond donors (Lipinski definition) is 2. The van der Waals surface area contributed by atoms with Gasteiger partial charge in [-0.25, -0.2) is 4.98 Å². The largest absolute Gasteiger partial charge is 0.416 e. The first-order valence-electron chi connectivity index (χ1n) is 10.6. The second-order valence-corrected chi connectivity index (χ2v) is 8.85. The number of halogens is 6. The normalized spacial score (nSPS) is 12.2. The number of amides is 1. The summed E-state index contributed by atoms with van der Waals surface area (Å²) in [5.41, 5.74) is 5.92. The number of rotatable bonds is 5. The lowest BCUT2D eigenvalue weighted by Crippen LogP contribution is -2.08. The fourth-order valence-electron chi connectivity index (χ4n) is 3.51. The Morgan fingerprint density at radius 3 is 1.89 bits per heavy atom. The molecule has 37 heavy (non-hydrogen) atoms. The summed E-state index contributed by atoms with van der Waals surface area (Å²) in [5, 5.41) is 3.02. The molecule has 0 aliphatic rings. The van der Waals surface area contributed by atoms with Gasteiger partial charge in [-0.05, 0) is 53.1 Å². The van der Waals surface area contributed by atoms with Gasteiger partial charge in [0.2, 0.25) is 5.91 Å². The maximum Gasteiger partial charge on any atom is 0.416 e. The first-order chi connectivity index (χ1) is 17.4. The molecule has 0 atom stereocenters. The van der Waals surface area contributed by atoms with E-state index >= 15 is 0 Å². The van der Waals surface area contributed by atoms with Gasteiger partial charge >= 0.3 is 12.4 Å². The second-order valence-electron chi connectivity index (χ2n) is 7.78. The van der Waals surface area contributed by atoms with Crippen LogP contribution in [0.1, 0.15) is 22.3 Å². The van der Waals surface area contributed by atoms with Crippen molar-refractivity contribution in [2.75, 3.05) is 11.1 Å². The van der Waals surface area contributed by atoms with Crippen LogP contribution < -0.4 is 11.1 Å². The highest BCUT2D eigenvalue weighted by molar-refractivity contribution is 7.22. The highest BCUT2D eigenvalue weighted by Crippen LogP contribution is 2.34. The molecule has 4 aromatic rings.